The molecule has 0 amide bonds. The Labute approximate surface area is 103 Å². The Balaban J connectivity index is 1.47. The molecule has 3 rings (SSSR count). The van der Waals surface area contributed by atoms with E-state index >= 15 is 0 Å². The first kappa shape index (κ1) is 11.2. The topological polar surface area (TPSA) is 33.1 Å². The first-order valence-electron chi connectivity index (χ1n) is 6.84. The second-order valence-corrected chi connectivity index (χ2v) is 5.32. The Morgan fingerprint density at radius 3 is 3.18 bits per heavy atom. The molecule has 2 aliphatic heterocycles. The summed E-state index contributed by atoms with van der Waals surface area (Å²) in [6.45, 7) is 6.08. The third kappa shape index (κ3) is 2.53. The van der Waals surface area contributed by atoms with Crippen LogP contribution in [0.4, 0.5) is 0 Å². The minimum absolute atomic E-state index is 0.812. The van der Waals surface area contributed by atoms with Gasteiger partial charge in [-0.2, -0.15) is 0 Å². The maximum atomic E-state index is 4.08. The van der Waals surface area contributed by atoms with Crippen molar-refractivity contribution in [3.8, 4) is 0 Å². The summed E-state index contributed by atoms with van der Waals surface area (Å²) in [6, 6.07) is 0.812. The van der Waals surface area contributed by atoms with Crippen LogP contribution in [-0.4, -0.2) is 46.7 Å². The first-order valence-corrected chi connectivity index (χ1v) is 6.84. The summed E-state index contributed by atoms with van der Waals surface area (Å²) in [5.41, 5.74) is 0. The number of hydrogen-bond donors (Lipinski definition) is 1. The number of aromatic nitrogens is 2. The highest BCUT2D eigenvalue weighted by atomic mass is 15.2. The number of fused-ring (bicyclic) bond motifs is 1. The zero-order chi connectivity index (χ0) is 11.5. The van der Waals surface area contributed by atoms with E-state index in [0.717, 1.165) is 18.5 Å². The highest BCUT2D eigenvalue weighted by Crippen LogP contribution is 2.26. The van der Waals surface area contributed by atoms with E-state index < -0.39 is 0 Å². The molecule has 2 saturated heterocycles. The number of hydrogen-bond acceptors (Lipinski definition) is 3. The SMILES string of the molecule is c1cn(CCCN2CCCC3CNCC32)cn1. The summed E-state index contributed by atoms with van der Waals surface area (Å²) in [5, 5.41) is 3.54. The minimum atomic E-state index is 0.812. The van der Waals surface area contributed by atoms with E-state index in [1.165, 1.54) is 45.4 Å². The molecule has 3 heterocycles. The monoisotopic (exact) mass is 234 g/mol. The largest absolute Gasteiger partial charge is 0.337 e. The average Bonchev–Trinajstić information content (AvgIpc) is 2.99. The molecule has 1 N–H and O–H groups in total. The summed E-state index contributed by atoms with van der Waals surface area (Å²) in [5.74, 6) is 0.914. The summed E-state index contributed by atoms with van der Waals surface area (Å²) < 4.78 is 2.17. The van der Waals surface area contributed by atoms with Crippen molar-refractivity contribution >= 4 is 0 Å². The third-order valence-corrected chi connectivity index (χ3v) is 4.21. The fraction of sp³-hybridized carbons (Fsp3) is 0.769. The number of nitrogens with one attached hydrogen (secondary N) is 1. The third-order valence-electron chi connectivity index (χ3n) is 4.21. The van der Waals surface area contributed by atoms with Crippen molar-refractivity contribution in [2.75, 3.05) is 26.2 Å². The summed E-state index contributed by atoms with van der Waals surface area (Å²) in [4.78, 5) is 6.78. The number of likely N-dealkylation sites (tertiary alicyclic amines) is 1. The quantitative estimate of drug-likeness (QED) is 0.842. The van der Waals surface area contributed by atoms with Gasteiger partial charge in [-0.3, -0.25) is 4.90 Å². The van der Waals surface area contributed by atoms with E-state index in [1.54, 1.807) is 0 Å². The van der Waals surface area contributed by atoms with Gasteiger partial charge in [-0.25, -0.2) is 4.98 Å². The number of piperidine rings is 1. The predicted octanol–water partition coefficient (Wildman–Crippen LogP) is 0.957. The van der Waals surface area contributed by atoms with E-state index in [9.17, 15) is 0 Å². The van der Waals surface area contributed by atoms with Gasteiger partial charge in [0, 0.05) is 38.1 Å². The molecular weight excluding hydrogens is 212 g/mol. The zero-order valence-corrected chi connectivity index (χ0v) is 10.4. The summed E-state index contributed by atoms with van der Waals surface area (Å²) in [6.07, 6.45) is 9.87. The van der Waals surface area contributed by atoms with Crippen molar-refractivity contribution in [2.24, 2.45) is 5.92 Å². The minimum Gasteiger partial charge on any atom is -0.337 e. The van der Waals surface area contributed by atoms with Crippen LogP contribution in [0.25, 0.3) is 0 Å². The molecule has 0 aromatic carbocycles. The molecule has 2 aliphatic rings. The van der Waals surface area contributed by atoms with Crippen LogP contribution in [0.3, 0.4) is 0 Å². The van der Waals surface area contributed by atoms with Crippen LogP contribution < -0.4 is 5.32 Å². The molecular formula is C13H22N4. The van der Waals surface area contributed by atoms with Gasteiger partial charge in [0.05, 0.1) is 6.33 Å². The van der Waals surface area contributed by atoms with Crippen LogP contribution in [0.2, 0.25) is 0 Å². The van der Waals surface area contributed by atoms with Crippen LogP contribution in [0.5, 0.6) is 0 Å². The first-order chi connectivity index (χ1) is 8.43. The van der Waals surface area contributed by atoms with Gasteiger partial charge in [-0.15, -0.1) is 0 Å². The molecule has 0 bridgehead atoms. The molecule has 0 spiro atoms. The van der Waals surface area contributed by atoms with Crippen molar-refractivity contribution < 1.29 is 0 Å². The molecule has 0 radical (unpaired) electrons. The van der Waals surface area contributed by atoms with Gasteiger partial charge in [0.25, 0.3) is 0 Å². The van der Waals surface area contributed by atoms with Crippen LogP contribution in [0.1, 0.15) is 19.3 Å². The van der Waals surface area contributed by atoms with Crippen molar-refractivity contribution in [1.29, 1.82) is 0 Å². The van der Waals surface area contributed by atoms with E-state index in [0.29, 0.717) is 0 Å². The van der Waals surface area contributed by atoms with Gasteiger partial charge in [0.1, 0.15) is 0 Å². The van der Waals surface area contributed by atoms with Crippen LogP contribution in [0, 0.1) is 5.92 Å². The maximum Gasteiger partial charge on any atom is 0.0945 e. The summed E-state index contributed by atoms with van der Waals surface area (Å²) >= 11 is 0. The average molecular weight is 234 g/mol. The van der Waals surface area contributed by atoms with Gasteiger partial charge in [0.15, 0.2) is 0 Å². The van der Waals surface area contributed by atoms with Crippen LogP contribution in [0.15, 0.2) is 18.7 Å². The molecule has 17 heavy (non-hydrogen) atoms. The number of nitrogens with zero attached hydrogens (tertiary/aromatic N) is 3. The van der Waals surface area contributed by atoms with Gasteiger partial charge >= 0.3 is 0 Å². The molecule has 2 fully saturated rings. The fourth-order valence-electron chi connectivity index (χ4n) is 3.32. The van der Waals surface area contributed by atoms with Gasteiger partial charge < -0.3 is 9.88 Å². The van der Waals surface area contributed by atoms with E-state index in [1.807, 2.05) is 12.5 Å². The van der Waals surface area contributed by atoms with E-state index in [-0.39, 0.29) is 0 Å². The molecule has 4 heteroatoms. The zero-order valence-electron chi connectivity index (χ0n) is 10.4. The molecule has 0 aliphatic carbocycles. The Hall–Kier alpha value is -0.870. The highest BCUT2D eigenvalue weighted by Gasteiger charge is 2.34. The van der Waals surface area contributed by atoms with Crippen molar-refractivity contribution in [3.63, 3.8) is 0 Å². The Morgan fingerprint density at radius 1 is 1.29 bits per heavy atom. The number of rotatable bonds is 4. The summed E-state index contributed by atoms with van der Waals surface area (Å²) in [7, 11) is 0. The van der Waals surface area contributed by atoms with Gasteiger partial charge in [-0.05, 0) is 38.3 Å². The van der Waals surface area contributed by atoms with Crippen molar-refractivity contribution in [3.05, 3.63) is 18.7 Å². The molecule has 0 saturated carbocycles. The second kappa shape index (κ2) is 5.19. The normalized spacial score (nSPS) is 29.4. The number of imidazole rings is 1. The Kier molecular flexibility index (Phi) is 3.43. The second-order valence-electron chi connectivity index (χ2n) is 5.32. The highest BCUT2D eigenvalue weighted by molar-refractivity contribution is 4.91. The lowest BCUT2D eigenvalue weighted by Gasteiger charge is -2.37. The van der Waals surface area contributed by atoms with Crippen molar-refractivity contribution in [1.82, 2.24) is 19.8 Å². The predicted molar refractivity (Wildman–Crippen MR) is 67.8 cm³/mol. The fourth-order valence-corrected chi connectivity index (χ4v) is 3.32. The smallest absolute Gasteiger partial charge is 0.0945 e. The standard InChI is InChI=1S/C13H22N4/c1-3-12-9-15-10-13(12)17(6-1)7-2-5-16-8-4-14-11-16/h4,8,11-13,15H,1-3,5-7,9-10H2. The number of aryl methyl sites for hydroxylation is 1. The molecule has 1 aromatic rings. The van der Waals surface area contributed by atoms with Gasteiger partial charge in [-0.1, -0.05) is 0 Å². The lowest BCUT2D eigenvalue weighted by Crippen LogP contribution is -2.45. The van der Waals surface area contributed by atoms with Crippen LogP contribution >= 0.6 is 0 Å². The lowest BCUT2D eigenvalue weighted by molar-refractivity contribution is 0.122. The molecule has 2 unspecified atom stereocenters. The molecule has 2 atom stereocenters. The van der Waals surface area contributed by atoms with E-state index in [2.05, 4.69) is 26.0 Å². The Morgan fingerprint density at radius 2 is 2.29 bits per heavy atom. The lowest BCUT2D eigenvalue weighted by atomic mass is 9.92. The van der Waals surface area contributed by atoms with E-state index in [4.69, 9.17) is 0 Å². The molecule has 1 aromatic heterocycles. The van der Waals surface area contributed by atoms with Crippen LogP contribution in [-0.2, 0) is 6.54 Å². The van der Waals surface area contributed by atoms with Gasteiger partial charge in [0.2, 0.25) is 0 Å². The molecule has 4 nitrogen and oxygen atoms in total. The maximum absolute atomic E-state index is 4.08. The molecule has 94 valence electrons. The van der Waals surface area contributed by atoms with Crippen molar-refractivity contribution in [2.45, 2.75) is 31.8 Å². The Bertz CT molecular complexity index is 335.